The van der Waals surface area contributed by atoms with E-state index >= 15 is 0 Å². The van der Waals surface area contributed by atoms with Crippen LogP contribution in [0.4, 0.5) is 5.69 Å². The Kier molecular flexibility index (Phi) is 3.77. The molecule has 0 spiro atoms. The Morgan fingerprint density at radius 2 is 1.96 bits per heavy atom. The zero-order valence-electron chi connectivity index (χ0n) is 13.6. The van der Waals surface area contributed by atoms with Gasteiger partial charge in [-0.3, -0.25) is 4.79 Å². The first-order valence-electron chi connectivity index (χ1n) is 7.99. The predicted octanol–water partition coefficient (Wildman–Crippen LogP) is 3.20. The van der Waals surface area contributed by atoms with Crippen molar-refractivity contribution in [1.82, 2.24) is 20.2 Å². The van der Waals surface area contributed by atoms with Gasteiger partial charge in [-0.15, -0.1) is 10.2 Å². The van der Waals surface area contributed by atoms with Crippen molar-refractivity contribution in [2.75, 3.05) is 5.32 Å². The lowest BCUT2D eigenvalue weighted by atomic mass is 9.95. The number of rotatable bonds is 4. The molecule has 0 unspecified atom stereocenters. The number of benzene rings is 2. The van der Waals surface area contributed by atoms with Crippen LogP contribution in [0.3, 0.4) is 0 Å². The van der Waals surface area contributed by atoms with Gasteiger partial charge in [-0.05, 0) is 47.9 Å². The number of hydrogen-bond acceptors (Lipinski definition) is 4. The Bertz CT molecular complexity index is 931. The van der Waals surface area contributed by atoms with Gasteiger partial charge >= 0.3 is 0 Å². The first-order valence-corrected chi connectivity index (χ1v) is 8.37. The van der Waals surface area contributed by atoms with Crippen molar-refractivity contribution in [2.45, 2.75) is 18.3 Å². The molecule has 4 rings (SSSR count). The second-order valence-corrected chi connectivity index (χ2v) is 6.66. The molecule has 25 heavy (non-hydrogen) atoms. The molecule has 7 heteroatoms. The summed E-state index contributed by atoms with van der Waals surface area (Å²) in [7, 11) is 1.71. The van der Waals surface area contributed by atoms with Gasteiger partial charge in [0.15, 0.2) is 0 Å². The van der Waals surface area contributed by atoms with E-state index in [4.69, 9.17) is 11.6 Å². The zero-order valence-corrected chi connectivity index (χ0v) is 14.4. The summed E-state index contributed by atoms with van der Waals surface area (Å²) in [4.78, 5) is 14.2. The van der Waals surface area contributed by atoms with Crippen molar-refractivity contribution in [3.8, 4) is 11.4 Å². The van der Waals surface area contributed by atoms with Crippen LogP contribution in [-0.4, -0.2) is 26.1 Å². The van der Waals surface area contributed by atoms with Crippen LogP contribution in [0.5, 0.6) is 0 Å². The maximum absolute atomic E-state index is 12.8. The lowest BCUT2D eigenvalue weighted by molar-refractivity contribution is -0.118. The molecule has 1 aliphatic rings. The van der Waals surface area contributed by atoms with Crippen LogP contribution in [0.1, 0.15) is 18.4 Å². The molecule has 0 saturated heterocycles. The summed E-state index contributed by atoms with van der Waals surface area (Å²) >= 11 is 5.95. The molecule has 0 atom stereocenters. The molecule has 1 fully saturated rings. The van der Waals surface area contributed by atoms with Crippen LogP contribution in [-0.2, 0) is 17.3 Å². The summed E-state index contributed by atoms with van der Waals surface area (Å²) in [6, 6.07) is 15.0. The number of carbonyl (C=O) groups excluding carboxylic acids is 1. The van der Waals surface area contributed by atoms with Gasteiger partial charge in [-0.25, -0.2) is 0 Å². The first kappa shape index (κ1) is 15.8. The van der Waals surface area contributed by atoms with Crippen LogP contribution in [0.25, 0.3) is 11.4 Å². The third-order valence-corrected chi connectivity index (χ3v) is 4.72. The molecule has 126 valence electrons. The van der Waals surface area contributed by atoms with Crippen molar-refractivity contribution in [3.05, 3.63) is 59.1 Å². The highest BCUT2D eigenvalue weighted by molar-refractivity contribution is 6.30. The molecule has 0 bridgehead atoms. The number of halogens is 1. The molecule has 2 aromatic carbocycles. The Morgan fingerprint density at radius 3 is 2.60 bits per heavy atom. The molecule has 1 heterocycles. The Labute approximate surface area is 149 Å². The van der Waals surface area contributed by atoms with Crippen molar-refractivity contribution < 1.29 is 4.79 Å². The smallest absolute Gasteiger partial charge is 0.235 e. The van der Waals surface area contributed by atoms with Gasteiger partial charge in [0.05, 0.1) is 12.5 Å². The number of nitrogens with zero attached hydrogens (tertiary/aromatic N) is 4. The Hall–Kier alpha value is -2.73. The number of aromatic nitrogens is 4. The summed E-state index contributed by atoms with van der Waals surface area (Å²) in [6.07, 6.45) is 1.68. The van der Waals surface area contributed by atoms with E-state index in [1.165, 1.54) is 4.80 Å². The summed E-state index contributed by atoms with van der Waals surface area (Å²) in [5.41, 5.74) is 2.07. The highest BCUT2D eigenvalue weighted by Crippen LogP contribution is 2.49. The van der Waals surface area contributed by atoms with Crippen LogP contribution in [0.15, 0.2) is 48.5 Å². The van der Waals surface area contributed by atoms with Gasteiger partial charge in [0.25, 0.3) is 0 Å². The lowest BCUT2D eigenvalue weighted by Crippen LogP contribution is -2.27. The van der Waals surface area contributed by atoms with E-state index in [9.17, 15) is 4.79 Å². The van der Waals surface area contributed by atoms with Gasteiger partial charge < -0.3 is 5.32 Å². The quantitative estimate of drug-likeness (QED) is 0.781. The van der Waals surface area contributed by atoms with Gasteiger partial charge in [0, 0.05) is 16.3 Å². The number of aryl methyl sites for hydroxylation is 1. The predicted molar refractivity (Wildman–Crippen MR) is 95.2 cm³/mol. The first-order chi connectivity index (χ1) is 12.1. The molecule has 1 amide bonds. The number of amides is 1. The maximum Gasteiger partial charge on any atom is 0.235 e. The Morgan fingerprint density at radius 1 is 1.20 bits per heavy atom. The van der Waals surface area contributed by atoms with Gasteiger partial charge in [0.2, 0.25) is 11.7 Å². The standard InChI is InChI=1S/C18H16ClN5O/c1-24-22-16(21-23-24)12-3-2-4-15(11-12)20-17(25)18(9-10-18)13-5-7-14(19)8-6-13/h2-8,11H,9-10H2,1H3,(H,20,25). The normalized spacial score (nSPS) is 15.0. The highest BCUT2D eigenvalue weighted by atomic mass is 35.5. The minimum Gasteiger partial charge on any atom is -0.325 e. The number of carbonyl (C=O) groups is 1. The van der Waals surface area contributed by atoms with Crippen LogP contribution in [0.2, 0.25) is 5.02 Å². The van der Waals surface area contributed by atoms with Crippen molar-refractivity contribution in [1.29, 1.82) is 0 Å². The molecule has 1 saturated carbocycles. The minimum atomic E-state index is -0.453. The van der Waals surface area contributed by atoms with E-state index in [1.54, 1.807) is 7.05 Å². The van der Waals surface area contributed by atoms with E-state index in [0.717, 1.165) is 29.7 Å². The number of tetrazole rings is 1. The second-order valence-electron chi connectivity index (χ2n) is 6.23. The molecule has 3 aromatic rings. The fourth-order valence-electron chi connectivity index (χ4n) is 2.93. The third kappa shape index (κ3) is 3.00. The number of hydrogen-bond donors (Lipinski definition) is 1. The fraction of sp³-hybridized carbons (Fsp3) is 0.222. The van der Waals surface area contributed by atoms with Gasteiger partial charge in [-0.1, -0.05) is 35.9 Å². The summed E-state index contributed by atoms with van der Waals surface area (Å²) in [5, 5.41) is 15.7. The summed E-state index contributed by atoms with van der Waals surface area (Å²) in [6.45, 7) is 0. The molecule has 1 aliphatic carbocycles. The molecule has 1 N–H and O–H groups in total. The summed E-state index contributed by atoms with van der Waals surface area (Å²) in [5.74, 6) is 0.525. The maximum atomic E-state index is 12.8. The van der Waals surface area contributed by atoms with Crippen LogP contribution in [0, 0.1) is 0 Å². The molecular formula is C18H16ClN5O. The SMILES string of the molecule is Cn1nnc(-c2cccc(NC(=O)C3(c4ccc(Cl)cc4)CC3)c2)n1. The van der Waals surface area contributed by atoms with Crippen molar-refractivity contribution in [3.63, 3.8) is 0 Å². The molecule has 6 nitrogen and oxygen atoms in total. The van der Waals surface area contributed by atoms with E-state index < -0.39 is 5.41 Å². The van der Waals surface area contributed by atoms with E-state index in [-0.39, 0.29) is 5.91 Å². The largest absolute Gasteiger partial charge is 0.325 e. The van der Waals surface area contributed by atoms with Gasteiger partial charge in [-0.2, -0.15) is 4.80 Å². The molecule has 1 aromatic heterocycles. The monoisotopic (exact) mass is 353 g/mol. The van der Waals surface area contributed by atoms with Crippen LogP contribution >= 0.6 is 11.6 Å². The van der Waals surface area contributed by atoms with Crippen LogP contribution < -0.4 is 5.32 Å². The van der Waals surface area contributed by atoms with Gasteiger partial charge in [0.1, 0.15) is 0 Å². The Balaban J connectivity index is 1.56. The average molecular weight is 354 g/mol. The zero-order chi connectivity index (χ0) is 17.4. The van der Waals surface area contributed by atoms with E-state index in [2.05, 4.69) is 20.7 Å². The van der Waals surface area contributed by atoms with E-state index in [0.29, 0.717) is 10.8 Å². The number of anilines is 1. The fourth-order valence-corrected chi connectivity index (χ4v) is 3.05. The molecule has 0 radical (unpaired) electrons. The lowest BCUT2D eigenvalue weighted by Gasteiger charge is -2.16. The number of nitrogens with one attached hydrogen (secondary N) is 1. The van der Waals surface area contributed by atoms with E-state index in [1.807, 2.05) is 48.5 Å². The van der Waals surface area contributed by atoms with Crippen molar-refractivity contribution in [2.24, 2.45) is 7.05 Å². The molecule has 0 aliphatic heterocycles. The third-order valence-electron chi connectivity index (χ3n) is 4.47. The highest BCUT2D eigenvalue weighted by Gasteiger charge is 2.51. The second kappa shape index (κ2) is 5.97. The summed E-state index contributed by atoms with van der Waals surface area (Å²) < 4.78 is 0. The minimum absolute atomic E-state index is 0.000854. The van der Waals surface area contributed by atoms with Crippen molar-refractivity contribution >= 4 is 23.2 Å². The molecular weight excluding hydrogens is 338 g/mol. The topological polar surface area (TPSA) is 72.7 Å². The average Bonchev–Trinajstić information content (AvgIpc) is 3.31.